The average Bonchev–Trinajstić information content (AvgIpc) is 1.68. The molecule has 43 valence electrons. The molecular weight excluding hydrogens is 108 g/mol. The Balaban J connectivity index is 2.83. The normalized spacial score (nSPS) is 14.1. The summed E-state index contributed by atoms with van der Waals surface area (Å²) in [6.07, 6.45) is 1.34. The van der Waals surface area contributed by atoms with E-state index < -0.39 is 0 Å². The van der Waals surface area contributed by atoms with Crippen LogP contribution in [-0.2, 0) is 4.74 Å². The van der Waals surface area contributed by atoms with Gasteiger partial charge in [-0.25, -0.2) is 0 Å². The van der Waals surface area contributed by atoms with E-state index in [1.807, 2.05) is 6.92 Å². The van der Waals surface area contributed by atoms with Gasteiger partial charge < -0.3 is 4.74 Å². The Bertz CT molecular complexity index is 39.1. The van der Waals surface area contributed by atoms with Crippen molar-refractivity contribution in [3.63, 3.8) is 0 Å². The van der Waals surface area contributed by atoms with Gasteiger partial charge in [0.05, 0.1) is 6.10 Å². The third-order valence-corrected chi connectivity index (χ3v) is 1.16. The van der Waals surface area contributed by atoms with Crippen molar-refractivity contribution in [2.45, 2.75) is 19.4 Å². The summed E-state index contributed by atoms with van der Waals surface area (Å²) < 4.78 is 4.92. The molecule has 0 heterocycles. The highest BCUT2D eigenvalue weighted by atomic mass is 32.1. The first-order valence-electron chi connectivity index (χ1n) is 2.42. The Morgan fingerprint density at radius 1 is 1.71 bits per heavy atom. The second-order valence-corrected chi connectivity index (χ2v) is 1.95. The maximum Gasteiger partial charge on any atom is 0.0551 e. The molecule has 0 aromatic heterocycles. The summed E-state index contributed by atoms with van der Waals surface area (Å²) in [5, 5.41) is 0. The lowest BCUT2D eigenvalue weighted by molar-refractivity contribution is 0.116. The predicted octanol–water partition coefficient (Wildman–Crippen LogP) is 1.61. The van der Waals surface area contributed by atoms with Crippen LogP contribution in [0.1, 0.15) is 13.3 Å². The maximum atomic E-state index is 4.92. The summed E-state index contributed by atoms with van der Waals surface area (Å²) in [4.78, 5) is 0. The Morgan fingerprint density at radius 2 is 2.29 bits per heavy atom. The predicted molar refractivity (Wildman–Crippen MR) is 33.5 cm³/mol. The van der Waals surface area contributed by atoms with E-state index in [1.165, 1.54) is 0 Å². The van der Waals surface area contributed by atoms with Gasteiger partial charge >= 0.3 is 0 Å². The van der Waals surface area contributed by atoms with Crippen LogP contribution in [0, 0.1) is 0 Å². The van der Waals surface area contributed by atoms with Crippen molar-refractivity contribution >= 4 is 12.6 Å². The summed E-state index contributed by atoms with van der Waals surface area (Å²) in [6.45, 7) is 2.02. The fourth-order valence-electron chi connectivity index (χ4n) is 0.284. The van der Waals surface area contributed by atoms with Crippen molar-refractivity contribution in [2.75, 3.05) is 12.9 Å². The van der Waals surface area contributed by atoms with Gasteiger partial charge in [0.15, 0.2) is 0 Å². The van der Waals surface area contributed by atoms with Gasteiger partial charge in [-0.05, 0) is 13.3 Å². The van der Waals surface area contributed by atoms with Gasteiger partial charge in [0.1, 0.15) is 0 Å². The van der Waals surface area contributed by atoms with Crippen LogP contribution in [0.5, 0.6) is 0 Å². The van der Waals surface area contributed by atoms with Gasteiger partial charge in [0.25, 0.3) is 0 Å². The maximum absolute atomic E-state index is 4.92. The molecule has 0 aliphatic carbocycles. The van der Waals surface area contributed by atoms with Crippen LogP contribution in [-0.4, -0.2) is 19.0 Å². The molecule has 1 atom stereocenters. The molecule has 1 radical (unpaired) electrons. The van der Waals surface area contributed by atoms with Gasteiger partial charge in [0.2, 0.25) is 0 Å². The molecule has 0 aromatic carbocycles. The van der Waals surface area contributed by atoms with E-state index in [4.69, 9.17) is 17.4 Å². The van der Waals surface area contributed by atoms with Crippen LogP contribution in [0.15, 0.2) is 0 Å². The third-order valence-electron chi connectivity index (χ3n) is 0.927. The highest BCUT2D eigenvalue weighted by Gasteiger charge is 1.93. The van der Waals surface area contributed by atoms with E-state index in [-0.39, 0.29) is 0 Å². The monoisotopic (exact) mass is 119 g/mol. The summed E-state index contributed by atoms with van der Waals surface area (Å²) in [5.74, 6) is 0.801. The lowest BCUT2D eigenvalue weighted by Crippen LogP contribution is -2.03. The molecule has 0 amide bonds. The first-order chi connectivity index (χ1) is 3.31. The SMILES string of the molecule is COC(C)CC[S]. The minimum Gasteiger partial charge on any atom is -0.382 e. The lowest BCUT2D eigenvalue weighted by atomic mass is 10.3. The zero-order chi connectivity index (χ0) is 5.70. The molecule has 1 unspecified atom stereocenters. The van der Waals surface area contributed by atoms with Crippen molar-refractivity contribution in [1.82, 2.24) is 0 Å². The Labute approximate surface area is 50.5 Å². The van der Waals surface area contributed by atoms with E-state index >= 15 is 0 Å². The van der Waals surface area contributed by atoms with Crippen molar-refractivity contribution in [3.05, 3.63) is 0 Å². The lowest BCUT2D eigenvalue weighted by Gasteiger charge is -2.03. The highest BCUT2D eigenvalue weighted by Crippen LogP contribution is 1.94. The first kappa shape index (κ1) is 7.31. The smallest absolute Gasteiger partial charge is 0.0551 e. The van der Waals surface area contributed by atoms with Crippen LogP contribution in [0.25, 0.3) is 0 Å². The number of ether oxygens (including phenoxy) is 1. The fraction of sp³-hybridized carbons (Fsp3) is 1.00. The Hall–Kier alpha value is 0.310. The van der Waals surface area contributed by atoms with Crippen LogP contribution >= 0.6 is 12.6 Å². The zero-order valence-corrected chi connectivity index (χ0v) is 5.62. The van der Waals surface area contributed by atoms with Crippen LogP contribution in [0.4, 0.5) is 0 Å². The number of hydrogen-bond acceptors (Lipinski definition) is 1. The largest absolute Gasteiger partial charge is 0.382 e. The fourth-order valence-corrected chi connectivity index (χ4v) is 0.616. The minimum absolute atomic E-state index is 0.345. The molecule has 7 heavy (non-hydrogen) atoms. The van der Waals surface area contributed by atoms with Crippen molar-refractivity contribution in [1.29, 1.82) is 0 Å². The number of hydrogen-bond donors (Lipinski definition) is 0. The van der Waals surface area contributed by atoms with Crippen LogP contribution < -0.4 is 0 Å². The standard InChI is InChI=1S/C5H11OS/c1-5(6-2)3-4-7/h5H,3-4H2,1-2H3. The molecule has 0 fully saturated rings. The molecule has 0 saturated heterocycles. The van der Waals surface area contributed by atoms with Gasteiger partial charge in [0, 0.05) is 12.9 Å². The van der Waals surface area contributed by atoms with E-state index in [2.05, 4.69) is 0 Å². The van der Waals surface area contributed by atoms with Crippen molar-refractivity contribution in [2.24, 2.45) is 0 Å². The molecule has 2 heteroatoms. The number of methoxy groups -OCH3 is 1. The Morgan fingerprint density at radius 3 is 2.43 bits per heavy atom. The molecule has 0 bridgehead atoms. The molecule has 0 rings (SSSR count). The third kappa shape index (κ3) is 4.16. The molecule has 0 aromatic rings. The van der Waals surface area contributed by atoms with E-state index in [0.717, 1.165) is 12.2 Å². The molecular formula is C5H11OS. The topological polar surface area (TPSA) is 9.23 Å². The van der Waals surface area contributed by atoms with Crippen molar-refractivity contribution in [3.8, 4) is 0 Å². The van der Waals surface area contributed by atoms with Gasteiger partial charge in [-0.1, -0.05) is 12.6 Å². The first-order valence-corrected chi connectivity index (χ1v) is 3.00. The zero-order valence-electron chi connectivity index (χ0n) is 4.81. The van der Waals surface area contributed by atoms with Gasteiger partial charge in [-0.2, -0.15) is 0 Å². The Kier molecular flexibility index (Phi) is 4.67. The van der Waals surface area contributed by atoms with E-state index in [9.17, 15) is 0 Å². The molecule has 0 N–H and O–H groups in total. The highest BCUT2D eigenvalue weighted by molar-refractivity contribution is 7.80. The summed E-state index contributed by atoms with van der Waals surface area (Å²) in [5.41, 5.74) is 0. The summed E-state index contributed by atoms with van der Waals surface area (Å²) >= 11 is 4.71. The minimum atomic E-state index is 0.345. The molecule has 0 spiro atoms. The number of rotatable bonds is 3. The average molecular weight is 119 g/mol. The summed E-state index contributed by atoms with van der Waals surface area (Å²) in [7, 11) is 1.70. The second kappa shape index (κ2) is 4.47. The second-order valence-electron chi connectivity index (χ2n) is 1.54. The van der Waals surface area contributed by atoms with Crippen molar-refractivity contribution < 1.29 is 4.74 Å². The molecule has 0 aliphatic heterocycles. The van der Waals surface area contributed by atoms with E-state index in [0.29, 0.717) is 6.10 Å². The molecule has 0 saturated carbocycles. The molecule has 0 aliphatic rings. The molecule has 1 nitrogen and oxygen atoms in total. The van der Waals surface area contributed by atoms with Crippen LogP contribution in [0.3, 0.4) is 0 Å². The quantitative estimate of drug-likeness (QED) is 0.548. The van der Waals surface area contributed by atoms with Gasteiger partial charge in [-0.15, -0.1) is 0 Å². The van der Waals surface area contributed by atoms with Gasteiger partial charge in [-0.3, -0.25) is 0 Å². The summed E-state index contributed by atoms with van der Waals surface area (Å²) in [6, 6.07) is 0. The van der Waals surface area contributed by atoms with E-state index in [1.54, 1.807) is 7.11 Å². The van der Waals surface area contributed by atoms with Crippen LogP contribution in [0.2, 0.25) is 0 Å².